The van der Waals surface area contributed by atoms with Crippen LogP contribution in [0.5, 0.6) is 11.5 Å². The number of ether oxygens (including phenoxy) is 1. The normalized spacial score (nSPS) is 15.8. The van der Waals surface area contributed by atoms with Crippen molar-refractivity contribution in [2.75, 3.05) is 12.0 Å². The molecule has 2 aromatic carbocycles. The number of nitrogens with zero attached hydrogens (tertiary/aromatic N) is 1. The third kappa shape index (κ3) is 3.57. The Kier molecular flexibility index (Phi) is 5.87. The first kappa shape index (κ1) is 20.5. The van der Waals surface area contributed by atoms with Gasteiger partial charge in [0.05, 0.1) is 17.3 Å². The average Bonchev–Trinajstić information content (AvgIpc) is 2.66. The van der Waals surface area contributed by atoms with Crippen LogP contribution in [0.1, 0.15) is 11.1 Å². The summed E-state index contributed by atoms with van der Waals surface area (Å²) in [6.07, 6.45) is 1.42. The first-order chi connectivity index (χ1) is 13.3. The molecule has 6 nitrogen and oxygen atoms in total. The Bertz CT molecular complexity index is 1050. The van der Waals surface area contributed by atoms with Crippen LogP contribution in [-0.2, 0) is 9.59 Å². The summed E-state index contributed by atoms with van der Waals surface area (Å²) in [4.78, 5) is 26.9. The van der Waals surface area contributed by atoms with Crippen molar-refractivity contribution in [2.24, 2.45) is 0 Å². The van der Waals surface area contributed by atoms with Gasteiger partial charge in [0.15, 0.2) is 16.6 Å². The van der Waals surface area contributed by atoms with E-state index < -0.39 is 11.8 Å². The summed E-state index contributed by atoms with van der Waals surface area (Å²) < 4.78 is 5.95. The van der Waals surface area contributed by atoms with E-state index in [-0.39, 0.29) is 22.2 Å². The number of para-hydroxylation sites is 1. The molecule has 0 unspecified atom stereocenters. The second kappa shape index (κ2) is 8.02. The van der Waals surface area contributed by atoms with Crippen molar-refractivity contribution in [1.82, 2.24) is 5.32 Å². The van der Waals surface area contributed by atoms with Gasteiger partial charge in [-0.3, -0.25) is 19.8 Å². The molecular formula is C19H14Br2N2O4S. The minimum Gasteiger partial charge on any atom is -0.503 e. The van der Waals surface area contributed by atoms with Crippen LogP contribution in [0.25, 0.3) is 6.08 Å². The molecule has 2 amide bonds. The lowest BCUT2D eigenvalue weighted by atomic mass is 10.1. The molecule has 1 aliphatic heterocycles. The number of nitrogens with one attached hydrogen (secondary N) is 1. The first-order valence-corrected chi connectivity index (χ1v) is 9.97. The van der Waals surface area contributed by atoms with Crippen molar-refractivity contribution in [3.05, 3.63) is 56.0 Å². The average molecular weight is 526 g/mol. The van der Waals surface area contributed by atoms with Crippen LogP contribution in [0.2, 0.25) is 0 Å². The van der Waals surface area contributed by atoms with E-state index in [9.17, 15) is 14.7 Å². The molecule has 0 atom stereocenters. The number of phenols is 1. The number of methoxy groups -OCH3 is 1. The predicted molar refractivity (Wildman–Crippen MR) is 117 cm³/mol. The monoisotopic (exact) mass is 524 g/mol. The number of carbonyl (C=O) groups excluding carboxylic acids is 2. The molecule has 1 saturated heterocycles. The molecule has 0 radical (unpaired) electrons. The lowest BCUT2D eigenvalue weighted by Gasteiger charge is -2.30. The molecule has 1 aliphatic rings. The lowest BCUT2D eigenvalue weighted by molar-refractivity contribution is -0.122. The fourth-order valence-corrected chi connectivity index (χ4v) is 3.83. The molecule has 3 rings (SSSR count). The summed E-state index contributed by atoms with van der Waals surface area (Å²) in [6.45, 7) is 1.85. The largest absolute Gasteiger partial charge is 0.503 e. The molecular weight excluding hydrogens is 512 g/mol. The van der Waals surface area contributed by atoms with E-state index in [0.29, 0.717) is 20.2 Å². The summed E-state index contributed by atoms with van der Waals surface area (Å²) in [5, 5.41) is 12.6. The maximum Gasteiger partial charge on any atom is 0.270 e. The van der Waals surface area contributed by atoms with Gasteiger partial charge in [-0.15, -0.1) is 0 Å². The summed E-state index contributed by atoms with van der Waals surface area (Å²) in [5.41, 5.74) is 1.80. The Hall–Kier alpha value is -2.23. The number of hydrogen-bond acceptors (Lipinski definition) is 5. The summed E-state index contributed by atoms with van der Waals surface area (Å²) in [5.74, 6) is -1.05. The van der Waals surface area contributed by atoms with Crippen LogP contribution >= 0.6 is 44.1 Å². The highest BCUT2D eigenvalue weighted by Gasteiger charge is 2.35. The van der Waals surface area contributed by atoms with Gasteiger partial charge in [0.2, 0.25) is 0 Å². The zero-order valence-electron chi connectivity index (χ0n) is 14.7. The molecule has 0 aromatic heterocycles. The van der Waals surface area contributed by atoms with E-state index in [1.54, 1.807) is 12.1 Å². The van der Waals surface area contributed by atoms with Crippen LogP contribution < -0.4 is 15.0 Å². The smallest absolute Gasteiger partial charge is 0.270 e. The Balaban J connectivity index is 2.13. The number of hydrogen-bond donors (Lipinski definition) is 2. The van der Waals surface area contributed by atoms with Gasteiger partial charge in [-0.25, -0.2) is 0 Å². The van der Waals surface area contributed by atoms with Crippen molar-refractivity contribution in [3.8, 4) is 11.5 Å². The van der Waals surface area contributed by atoms with Crippen LogP contribution in [-0.4, -0.2) is 29.1 Å². The van der Waals surface area contributed by atoms with Crippen molar-refractivity contribution in [2.45, 2.75) is 6.92 Å². The molecule has 144 valence electrons. The molecule has 9 heteroatoms. The molecule has 1 heterocycles. The molecule has 28 heavy (non-hydrogen) atoms. The van der Waals surface area contributed by atoms with Gasteiger partial charge in [-0.2, -0.15) is 0 Å². The Morgan fingerprint density at radius 3 is 2.54 bits per heavy atom. The van der Waals surface area contributed by atoms with Crippen LogP contribution in [0.4, 0.5) is 5.69 Å². The second-order valence-corrected chi connectivity index (χ2v) is 7.86. The number of rotatable bonds is 3. The van der Waals surface area contributed by atoms with E-state index in [1.807, 2.05) is 19.1 Å². The zero-order valence-corrected chi connectivity index (χ0v) is 18.7. The van der Waals surface area contributed by atoms with E-state index >= 15 is 0 Å². The van der Waals surface area contributed by atoms with Crippen molar-refractivity contribution in [3.63, 3.8) is 0 Å². The standard InChI is InChI=1S/C19H14Br2N2O4S/c1-9-5-3-4-6-12(9)23-18(26)11(17(25)22-19(23)28)7-10-8-13(27-2)16(24)15(21)14(10)20/h3-8,24H,1-2H3,(H,22,25,28)/b11-7+. The highest BCUT2D eigenvalue weighted by Crippen LogP contribution is 2.42. The maximum absolute atomic E-state index is 13.1. The van der Waals surface area contributed by atoms with Gasteiger partial charge in [-0.05, 0) is 80.3 Å². The summed E-state index contributed by atoms with van der Waals surface area (Å²) in [6, 6.07) is 8.76. The Morgan fingerprint density at radius 1 is 1.21 bits per heavy atom. The number of thiocarbonyl (C=S) groups is 1. The molecule has 2 aromatic rings. The van der Waals surface area contributed by atoms with Gasteiger partial charge in [-0.1, -0.05) is 18.2 Å². The molecule has 0 bridgehead atoms. The molecule has 0 spiro atoms. The zero-order chi connectivity index (χ0) is 20.6. The number of carbonyl (C=O) groups is 2. The summed E-state index contributed by atoms with van der Waals surface area (Å²) in [7, 11) is 1.41. The lowest BCUT2D eigenvalue weighted by Crippen LogP contribution is -2.54. The summed E-state index contributed by atoms with van der Waals surface area (Å²) >= 11 is 11.8. The van der Waals surface area contributed by atoms with E-state index in [2.05, 4.69) is 37.2 Å². The molecule has 1 fully saturated rings. The Morgan fingerprint density at radius 2 is 1.89 bits per heavy atom. The van der Waals surface area contributed by atoms with Crippen molar-refractivity contribution < 1.29 is 19.4 Å². The Labute approximate surface area is 183 Å². The van der Waals surface area contributed by atoms with Gasteiger partial charge >= 0.3 is 0 Å². The number of aryl methyl sites for hydroxylation is 1. The topological polar surface area (TPSA) is 78.9 Å². The quantitative estimate of drug-likeness (QED) is 0.359. The molecule has 2 N–H and O–H groups in total. The minimum atomic E-state index is -0.602. The number of halogens is 2. The maximum atomic E-state index is 13.1. The van der Waals surface area contributed by atoms with Gasteiger partial charge in [0.1, 0.15) is 5.57 Å². The van der Waals surface area contributed by atoms with Gasteiger partial charge < -0.3 is 9.84 Å². The number of phenolic OH excluding ortho intramolecular Hbond substituents is 1. The van der Waals surface area contributed by atoms with E-state index in [0.717, 1.165) is 5.56 Å². The fraction of sp³-hybridized carbons (Fsp3) is 0.105. The van der Waals surface area contributed by atoms with Crippen LogP contribution in [0.15, 0.2) is 44.9 Å². The van der Waals surface area contributed by atoms with Crippen molar-refractivity contribution >= 4 is 72.8 Å². The van der Waals surface area contributed by atoms with E-state index in [4.69, 9.17) is 17.0 Å². The van der Waals surface area contributed by atoms with Crippen LogP contribution in [0, 0.1) is 6.92 Å². The van der Waals surface area contributed by atoms with Crippen LogP contribution in [0.3, 0.4) is 0 Å². The van der Waals surface area contributed by atoms with Crippen molar-refractivity contribution in [1.29, 1.82) is 0 Å². The predicted octanol–water partition coefficient (Wildman–Crippen LogP) is 4.07. The van der Waals surface area contributed by atoms with E-state index in [1.165, 1.54) is 24.2 Å². The number of benzene rings is 2. The first-order valence-electron chi connectivity index (χ1n) is 7.98. The second-order valence-electron chi connectivity index (χ2n) is 5.89. The number of anilines is 1. The molecule has 0 saturated carbocycles. The SMILES string of the molecule is COc1cc(/C=C2\C(=O)NC(=S)N(c3ccccc3C)C2=O)c(Br)c(Br)c1O. The third-order valence-electron chi connectivity index (χ3n) is 4.15. The van der Waals surface area contributed by atoms with Gasteiger partial charge in [0.25, 0.3) is 11.8 Å². The highest BCUT2D eigenvalue weighted by atomic mass is 79.9. The number of aromatic hydroxyl groups is 1. The highest BCUT2D eigenvalue weighted by molar-refractivity contribution is 9.13. The third-order valence-corrected chi connectivity index (χ3v) is 6.59. The van der Waals surface area contributed by atoms with Gasteiger partial charge in [0, 0.05) is 4.47 Å². The number of amides is 2. The fourth-order valence-electron chi connectivity index (χ4n) is 2.72. The minimum absolute atomic E-state index is 0.0185. The molecule has 0 aliphatic carbocycles.